The molecule has 0 aliphatic carbocycles. The van der Waals surface area contributed by atoms with Crippen molar-refractivity contribution in [3.8, 4) is 0 Å². The van der Waals surface area contributed by atoms with Gasteiger partial charge in [-0.15, -0.1) is 0 Å². The second kappa shape index (κ2) is 26.9. The molecule has 10 N–H and O–H groups in total. The number of aliphatic hydroxyl groups is 10. The lowest BCUT2D eigenvalue weighted by molar-refractivity contribution is -0.134. The molecule has 248 valence electrons. The van der Waals surface area contributed by atoms with Gasteiger partial charge in [0.25, 0.3) is 0 Å². The summed E-state index contributed by atoms with van der Waals surface area (Å²) in [6.07, 6.45) is -7.51. The zero-order valence-electron chi connectivity index (χ0n) is 23.3. The van der Waals surface area contributed by atoms with Crippen LogP contribution in [0.3, 0.4) is 0 Å². The van der Waals surface area contributed by atoms with Gasteiger partial charge in [0, 0.05) is 0 Å². The van der Waals surface area contributed by atoms with Gasteiger partial charge < -0.3 is 84.2 Å². The number of hydrogen-bond acceptors (Lipinski definition) is 17. The van der Waals surface area contributed by atoms with E-state index >= 15 is 0 Å². The summed E-state index contributed by atoms with van der Waals surface area (Å²) in [6.45, 7) is -4.20. The topological polar surface area (TPSA) is 267 Å². The van der Waals surface area contributed by atoms with Gasteiger partial charge in [0.15, 0.2) is 0 Å². The highest BCUT2D eigenvalue weighted by molar-refractivity contribution is 4.65. The van der Waals surface area contributed by atoms with Crippen LogP contribution in [0.25, 0.3) is 0 Å². The Bertz CT molecular complexity index is 562. The van der Waals surface area contributed by atoms with Gasteiger partial charge in [0.1, 0.15) is 48.8 Å². The van der Waals surface area contributed by atoms with Crippen LogP contribution in [0.2, 0.25) is 0 Å². The second-order valence-electron chi connectivity index (χ2n) is 9.14. The van der Waals surface area contributed by atoms with E-state index in [1.165, 1.54) is 0 Å². The molecule has 0 aromatic rings. The predicted octanol–water partition coefficient (Wildman–Crippen LogP) is -6.03. The van der Waals surface area contributed by atoms with Gasteiger partial charge in [0.05, 0.1) is 106 Å². The van der Waals surface area contributed by atoms with E-state index in [9.17, 15) is 35.7 Å². The van der Waals surface area contributed by atoms with Crippen molar-refractivity contribution >= 4 is 0 Å². The third kappa shape index (κ3) is 22.5. The molecule has 0 spiro atoms. The Morgan fingerprint density at radius 1 is 0.293 bits per heavy atom. The summed E-state index contributed by atoms with van der Waals surface area (Å²) in [5, 5.41) is 93.1. The minimum Gasteiger partial charge on any atom is -0.394 e. The molecule has 0 saturated heterocycles. The van der Waals surface area contributed by atoms with Crippen LogP contribution >= 0.6 is 0 Å². The molecule has 0 bridgehead atoms. The highest BCUT2D eigenvalue weighted by Crippen LogP contribution is 2.05. The van der Waals surface area contributed by atoms with Crippen LogP contribution in [-0.2, 0) is 33.2 Å². The van der Waals surface area contributed by atoms with Gasteiger partial charge in [-0.1, -0.05) is 0 Å². The normalized spacial score (nSPS) is 18.0. The maximum atomic E-state index is 10.0. The van der Waals surface area contributed by atoms with E-state index in [4.69, 9.17) is 48.5 Å². The molecule has 8 unspecified atom stereocenters. The SMILES string of the molecule is OCC(O)COCC(O)COC(COCC(O)CO)COC(CO)COCC(CO)OCC(CO)OCC(O)CO. The van der Waals surface area contributed by atoms with Crippen LogP contribution in [-0.4, -0.2) is 206 Å². The van der Waals surface area contributed by atoms with Crippen molar-refractivity contribution < 1.29 is 84.2 Å². The van der Waals surface area contributed by atoms with Crippen molar-refractivity contribution in [1.29, 1.82) is 0 Å². The lowest BCUT2D eigenvalue weighted by Gasteiger charge is -2.24. The fourth-order valence-corrected chi connectivity index (χ4v) is 2.80. The van der Waals surface area contributed by atoms with E-state index in [0.717, 1.165) is 0 Å². The summed E-state index contributed by atoms with van der Waals surface area (Å²) in [6, 6.07) is 0. The Labute approximate surface area is 239 Å². The zero-order chi connectivity index (χ0) is 30.9. The molecular formula is C24H50O17. The molecule has 0 aliphatic rings. The largest absolute Gasteiger partial charge is 0.394 e. The summed E-state index contributed by atoms with van der Waals surface area (Å²) in [5.74, 6) is 0. The molecule has 0 aromatic carbocycles. The smallest absolute Gasteiger partial charge is 0.104 e. The first-order chi connectivity index (χ1) is 19.7. The summed E-state index contributed by atoms with van der Waals surface area (Å²) in [4.78, 5) is 0. The minimum atomic E-state index is -1.10. The van der Waals surface area contributed by atoms with Crippen molar-refractivity contribution in [1.82, 2.24) is 0 Å². The Hall–Kier alpha value is -0.680. The molecule has 17 nitrogen and oxygen atoms in total. The molecule has 41 heavy (non-hydrogen) atoms. The third-order valence-electron chi connectivity index (χ3n) is 5.17. The van der Waals surface area contributed by atoms with Crippen molar-refractivity contribution in [2.75, 3.05) is 106 Å². The standard InChI is InChI=1S/C24H50O17/c25-1-17(31)7-35-9-20(34)11-39-24(14-36-8-18(32)2-26)16-41-22(5-29)13-37-12-21(4-28)40-15-23(6-30)38-10-19(33)3-27/h17-34H,1-16H2. The van der Waals surface area contributed by atoms with E-state index in [0.29, 0.717) is 0 Å². The number of rotatable bonds is 30. The van der Waals surface area contributed by atoms with E-state index in [1.807, 2.05) is 0 Å². The summed E-state index contributed by atoms with van der Waals surface area (Å²) in [7, 11) is 0. The average Bonchev–Trinajstić information content (AvgIpc) is 2.99. The third-order valence-corrected chi connectivity index (χ3v) is 5.17. The maximum Gasteiger partial charge on any atom is 0.104 e. The molecule has 0 saturated carbocycles. The Kier molecular flexibility index (Phi) is 26.5. The molecule has 0 aliphatic heterocycles. The lowest BCUT2D eigenvalue weighted by Crippen LogP contribution is -2.37. The molecule has 17 heteroatoms. The molecule has 0 aromatic heterocycles. The first-order valence-corrected chi connectivity index (χ1v) is 13.3. The second-order valence-corrected chi connectivity index (χ2v) is 9.14. The first-order valence-electron chi connectivity index (χ1n) is 13.3. The van der Waals surface area contributed by atoms with Crippen LogP contribution in [0.5, 0.6) is 0 Å². The van der Waals surface area contributed by atoms with Crippen LogP contribution < -0.4 is 0 Å². The number of hydrogen-bond donors (Lipinski definition) is 10. The Morgan fingerprint density at radius 3 is 1.07 bits per heavy atom. The van der Waals surface area contributed by atoms with Crippen LogP contribution in [0, 0.1) is 0 Å². The molecule has 0 rings (SSSR count). The average molecular weight is 611 g/mol. The van der Waals surface area contributed by atoms with Crippen molar-refractivity contribution in [2.24, 2.45) is 0 Å². The first kappa shape index (κ1) is 40.3. The lowest BCUT2D eigenvalue weighted by atomic mass is 10.3. The molecular weight excluding hydrogens is 560 g/mol. The fraction of sp³-hybridized carbons (Fsp3) is 1.00. The highest BCUT2D eigenvalue weighted by Gasteiger charge is 2.20. The van der Waals surface area contributed by atoms with E-state index < -0.39 is 88.5 Å². The maximum absolute atomic E-state index is 10.0. The molecule has 0 amide bonds. The summed E-state index contributed by atoms with van der Waals surface area (Å²) >= 11 is 0. The van der Waals surface area contributed by atoms with Crippen LogP contribution in [0.1, 0.15) is 0 Å². The van der Waals surface area contributed by atoms with Crippen molar-refractivity contribution in [3.05, 3.63) is 0 Å². The summed E-state index contributed by atoms with van der Waals surface area (Å²) in [5.41, 5.74) is 0. The van der Waals surface area contributed by atoms with Gasteiger partial charge in [-0.25, -0.2) is 0 Å². The van der Waals surface area contributed by atoms with Crippen molar-refractivity contribution in [3.63, 3.8) is 0 Å². The van der Waals surface area contributed by atoms with Crippen LogP contribution in [0.4, 0.5) is 0 Å². The molecule has 0 heterocycles. The summed E-state index contributed by atoms with van der Waals surface area (Å²) < 4.78 is 37.8. The quantitative estimate of drug-likeness (QED) is 0.0362. The van der Waals surface area contributed by atoms with Gasteiger partial charge in [-0.05, 0) is 0 Å². The van der Waals surface area contributed by atoms with Gasteiger partial charge in [-0.3, -0.25) is 0 Å². The van der Waals surface area contributed by atoms with Crippen molar-refractivity contribution in [2.45, 2.75) is 48.8 Å². The van der Waals surface area contributed by atoms with Gasteiger partial charge >= 0.3 is 0 Å². The predicted molar refractivity (Wildman–Crippen MR) is 138 cm³/mol. The molecule has 0 fully saturated rings. The van der Waals surface area contributed by atoms with Gasteiger partial charge in [0.2, 0.25) is 0 Å². The zero-order valence-corrected chi connectivity index (χ0v) is 23.3. The highest BCUT2D eigenvalue weighted by atomic mass is 16.6. The van der Waals surface area contributed by atoms with E-state index in [1.54, 1.807) is 0 Å². The molecule has 0 radical (unpaired) electrons. The monoisotopic (exact) mass is 610 g/mol. The number of ether oxygens (including phenoxy) is 7. The molecule has 8 atom stereocenters. The van der Waals surface area contributed by atoms with E-state index in [-0.39, 0.29) is 66.1 Å². The number of aliphatic hydroxyl groups excluding tert-OH is 10. The van der Waals surface area contributed by atoms with Gasteiger partial charge in [-0.2, -0.15) is 0 Å². The minimum absolute atomic E-state index is 0.0866. The van der Waals surface area contributed by atoms with E-state index in [2.05, 4.69) is 0 Å². The van der Waals surface area contributed by atoms with Crippen LogP contribution in [0.15, 0.2) is 0 Å². The fourth-order valence-electron chi connectivity index (χ4n) is 2.80. The Morgan fingerprint density at radius 2 is 0.585 bits per heavy atom. The Balaban J connectivity index is 4.61.